The number of carboxylic acid groups (broad SMARTS) is 1. The Bertz CT molecular complexity index is 291. The third-order valence-corrected chi connectivity index (χ3v) is 3.20. The van der Waals surface area contributed by atoms with E-state index in [9.17, 15) is 4.79 Å². The summed E-state index contributed by atoms with van der Waals surface area (Å²) in [6.07, 6.45) is 2.14. The van der Waals surface area contributed by atoms with Crippen LogP contribution in [0, 0.1) is 11.8 Å². The third-order valence-electron chi connectivity index (χ3n) is 3.20. The van der Waals surface area contributed by atoms with Crippen molar-refractivity contribution in [1.82, 2.24) is 0 Å². The first-order valence-electron chi connectivity index (χ1n) is 5.35. The molecule has 3 heteroatoms. The average Bonchev–Trinajstić information content (AvgIpc) is 2.32. The van der Waals surface area contributed by atoms with Crippen LogP contribution in [0.1, 0.15) is 34.6 Å². The van der Waals surface area contributed by atoms with Crippen LogP contribution >= 0.6 is 0 Å². The molecule has 86 valence electrons. The Morgan fingerprint density at radius 2 is 2.00 bits per heavy atom. The summed E-state index contributed by atoms with van der Waals surface area (Å²) in [4.78, 5) is 11.0. The van der Waals surface area contributed by atoms with Gasteiger partial charge in [-0.2, -0.15) is 0 Å². The molecule has 0 bridgehead atoms. The Kier molecular flexibility index (Phi) is 3.24. The fourth-order valence-corrected chi connectivity index (χ4v) is 1.98. The van der Waals surface area contributed by atoms with E-state index < -0.39 is 11.6 Å². The number of rotatable bonds is 3. The van der Waals surface area contributed by atoms with Gasteiger partial charge in [0, 0.05) is 11.8 Å². The van der Waals surface area contributed by atoms with Gasteiger partial charge in [-0.3, -0.25) is 0 Å². The van der Waals surface area contributed by atoms with Crippen molar-refractivity contribution in [1.29, 1.82) is 0 Å². The minimum atomic E-state index is -1.11. The van der Waals surface area contributed by atoms with Gasteiger partial charge in [-0.1, -0.05) is 25.5 Å². The molecule has 1 rings (SSSR count). The molecule has 0 aromatic rings. The van der Waals surface area contributed by atoms with E-state index in [4.69, 9.17) is 9.84 Å². The molecule has 15 heavy (non-hydrogen) atoms. The molecule has 0 spiro atoms. The molecule has 0 aromatic carbocycles. The van der Waals surface area contributed by atoms with Gasteiger partial charge >= 0.3 is 5.97 Å². The highest BCUT2D eigenvalue weighted by atomic mass is 16.5. The van der Waals surface area contributed by atoms with Crippen molar-refractivity contribution in [2.75, 3.05) is 0 Å². The summed E-state index contributed by atoms with van der Waals surface area (Å²) < 4.78 is 5.70. The Balaban J connectivity index is 2.73. The molecule has 1 aliphatic carbocycles. The van der Waals surface area contributed by atoms with Gasteiger partial charge in [0.2, 0.25) is 0 Å². The highest BCUT2D eigenvalue weighted by molar-refractivity contribution is 5.76. The number of carboxylic acids is 1. The molecule has 1 N–H and O–H groups in total. The lowest BCUT2D eigenvalue weighted by molar-refractivity contribution is -0.172. The first-order valence-corrected chi connectivity index (χ1v) is 5.35. The van der Waals surface area contributed by atoms with Crippen molar-refractivity contribution >= 4 is 5.97 Å². The maximum absolute atomic E-state index is 11.0. The lowest BCUT2D eigenvalue weighted by Gasteiger charge is -2.30. The minimum Gasteiger partial charge on any atom is -0.479 e. The molecule has 0 heterocycles. The summed E-state index contributed by atoms with van der Waals surface area (Å²) in [6.45, 7) is 9.41. The fourth-order valence-electron chi connectivity index (χ4n) is 1.98. The van der Waals surface area contributed by atoms with E-state index in [2.05, 4.69) is 26.8 Å². The maximum atomic E-state index is 11.0. The molecule has 1 unspecified atom stereocenters. The third kappa shape index (κ3) is 2.40. The summed E-state index contributed by atoms with van der Waals surface area (Å²) in [5, 5.41) is 9.00. The molecule has 0 aromatic heterocycles. The van der Waals surface area contributed by atoms with Gasteiger partial charge in [0.15, 0.2) is 5.60 Å². The quantitative estimate of drug-likeness (QED) is 0.731. The van der Waals surface area contributed by atoms with Gasteiger partial charge in [-0.15, -0.1) is 0 Å². The summed E-state index contributed by atoms with van der Waals surface area (Å²) >= 11 is 0. The molecule has 0 saturated carbocycles. The lowest BCUT2D eigenvalue weighted by atomic mass is 9.98. The largest absolute Gasteiger partial charge is 0.479 e. The predicted octanol–water partition coefficient (Wildman–Crippen LogP) is 2.47. The van der Waals surface area contributed by atoms with E-state index in [0.717, 1.165) is 0 Å². The molecule has 3 atom stereocenters. The van der Waals surface area contributed by atoms with E-state index in [0.29, 0.717) is 11.8 Å². The van der Waals surface area contributed by atoms with Gasteiger partial charge in [0.1, 0.15) is 0 Å². The average molecular weight is 212 g/mol. The first kappa shape index (κ1) is 12.2. The van der Waals surface area contributed by atoms with E-state index >= 15 is 0 Å². The van der Waals surface area contributed by atoms with E-state index in [-0.39, 0.29) is 6.10 Å². The van der Waals surface area contributed by atoms with Crippen LogP contribution < -0.4 is 0 Å². The molecule has 3 nitrogen and oxygen atoms in total. The number of hydrogen-bond acceptors (Lipinski definition) is 2. The highest BCUT2D eigenvalue weighted by Gasteiger charge is 2.38. The van der Waals surface area contributed by atoms with E-state index in [1.165, 1.54) is 5.57 Å². The maximum Gasteiger partial charge on any atom is 0.335 e. The van der Waals surface area contributed by atoms with Gasteiger partial charge in [0.25, 0.3) is 0 Å². The van der Waals surface area contributed by atoms with Gasteiger partial charge in [0.05, 0.1) is 6.10 Å². The van der Waals surface area contributed by atoms with Crippen LogP contribution in [0.3, 0.4) is 0 Å². The Morgan fingerprint density at radius 1 is 1.47 bits per heavy atom. The molecule has 1 aliphatic rings. The molecule has 0 saturated heterocycles. The molecular weight excluding hydrogens is 192 g/mol. The Hall–Kier alpha value is -0.830. The number of ether oxygens (including phenoxy) is 1. The van der Waals surface area contributed by atoms with Crippen molar-refractivity contribution < 1.29 is 14.6 Å². The fraction of sp³-hybridized carbons (Fsp3) is 0.750. The Labute approximate surface area is 91.1 Å². The minimum absolute atomic E-state index is 0.0175. The van der Waals surface area contributed by atoms with Crippen molar-refractivity contribution in [2.45, 2.75) is 46.3 Å². The van der Waals surface area contributed by atoms with Crippen molar-refractivity contribution in [2.24, 2.45) is 11.8 Å². The zero-order chi connectivity index (χ0) is 11.8. The van der Waals surface area contributed by atoms with Crippen LogP contribution in [0.15, 0.2) is 11.6 Å². The smallest absolute Gasteiger partial charge is 0.335 e. The Morgan fingerprint density at radius 3 is 2.33 bits per heavy atom. The number of carbonyl (C=O) groups is 1. The molecule has 0 fully saturated rings. The summed E-state index contributed by atoms with van der Waals surface area (Å²) in [5.41, 5.74) is 0.180. The van der Waals surface area contributed by atoms with Crippen molar-refractivity contribution in [3.8, 4) is 0 Å². The summed E-state index contributed by atoms with van der Waals surface area (Å²) in [5.74, 6) is -0.316. The van der Waals surface area contributed by atoms with Crippen molar-refractivity contribution in [3.05, 3.63) is 11.6 Å². The predicted molar refractivity (Wildman–Crippen MR) is 58.7 cm³/mol. The second-order valence-corrected chi connectivity index (χ2v) is 4.96. The van der Waals surface area contributed by atoms with E-state index in [1.807, 2.05) is 0 Å². The zero-order valence-electron chi connectivity index (χ0n) is 10.1. The van der Waals surface area contributed by atoms with Crippen LogP contribution in [0.4, 0.5) is 0 Å². The highest BCUT2D eigenvalue weighted by Crippen LogP contribution is 2.34. The van der Waals surface area contributed by atoms with E-state index in [1.54, 1.807) is 13.8 Å². The first-order chi connectivity index (χ1) is 6.75. The zero-order valence-corrected chi connectivity index (χ0v) is 10.1. The SMILES string of the molecule is CC1=CC(C)[C@@H](OC(C)(C)C(=O)O)[C@@H]1C. The van der Waals surface area contributed by atoms with Crippen LogP contribution in [0.2, 0.25) is 0 Å². The summed E-state index contributed by atoms with van der Waals surface area (Å²) in [7, 11) is 0. The van der Waals surface area contributed by atoms with Gasteiger partial charge in [-0.25, -0.2) is 4.79 Å². The normalized spacial score (nSPS) is 31.5. The molecule has 0 amide bonds. The molecular formula is C12H20O3. The monoisotopic (exact) mass is 212 g/mol. The van der Waals surface area contributed by atoms with Gasteiger partial charge < -0.3 is 9.84 Å². The van der Waals surface area contributed by atoms with Crippen LogP contribution in [-0.2, 0) is 9.53 Å². The topological polar surface area (TPSA) is 46.5 Å². The van der Waals surface area contributed by atoms with Crippen LogP contribution in [-0.4, -0.2) is 22.8 Å². The molecule has 0 aliphatic heterocycles. The van der Waals surface area contributed by atoms with Gasteiger partial charge in [-0.05, 0) is 20.8 Å². The lowest BCUT2D eigenvalue weighted by Crippen LogP contribution is -2.41. The number of hydrogen-bond donors (Lipinski definition) is 1. The standard InChI is InChI=1S/C12H20O3/c1-7-6-8(2)10(9(7)3)15-12(4,5)11(13)14/h6,8-10H,1-5H3,(H,13,14)/t8?,9-,10-/m1/s1. The molecule has 0 radical (unpaired) electrons. The second kappa shape index (κ2) is 3.97. The van der Waals surface area contributed by atoms with Crippen LogP contribution in [0.5, 0.6) is 0 Å². The van der Waals surface area contributed by atoms with Crippen LogP contribution in [0.25, 0.3) is 0 Å². The number of aliphatic carboxylic acids is 1. The second-order valence-electron chi connectivity index (χ2n) is 4.96. The summed E-state index contributed by atoms with van der Waals surface area (Å²) in [6, 6.07) is 0. The van der Waals surface area contributed by atoms with Crippen molar-refractivity contribution in [3.63, 3.8) is 0 Å².